The molecule has 1 atom stereocenters. The highest BCUT2D eigenvalue weighted by Gasteiger charge is 2.29. The molecule has 1 heteroatoms. The fourth-order valence-corrected chi connectivity index (χ4v) is 2.37. The second kappa shape index (κ2) is 6.05. The molecule has 1 nitrogen and oxygen atoms in total. The van der Waals surface area contributed by atoms with Crippen molar-refractivity contribution < 1.29 is 0 Å². The van der Waals surface area contributed by atoms with E-state index >= 15 is 0 Å². The number of rotatable bonds is 7. The van der Waals surface area contributed by atoms with Crippen molar-refractivity contribution in [3.05, 3.63) is 35.9 Å². The largest absolute Gasteiger partial charge is 0.314 e. The lowest BCUT2D eigenvalue weighted by Crippen LogP contribution is -2.31. The Morgan fingerprint density at radius 1 is 1.25 bits per heavy atom. The molecule has 1 fully saturated rings. The van der Waals surface area contributed by atoms with Gasteiger partial charge in [0, 0.05) is 6.04 Å². The van der Waals surface area contributed by atoms with Gasteiger partial charge in [0.1, 0.15) is 0 Å². The van der Waals surface area contributed by atoms with Crippen molar-refractivity contribution in [3.63, 3.8) is 0 Å². The van der Waals surface area contributed by atoms with Crippen LogP contribution in [-0.2, 0) is 6.42 Å². The Balaban J connectivity index is 1.61. The molecule has 0 bridgehead atoms. The van der Waals surface area contributed by atoms with Crippen LogP contribution in [0.15, 0.2) is 30.3 Å². The summed E-state index contributed by atoms with van der Waals surface area (Å²) in [5.74, 6) is 0.988. The number of benzene rings is 1. The summed E-state index contributed by atoms with van der Waals surface area (Å²) in [4.78, 5) is 0. The summed E-state index contributed by atoms with van der Waals surface area (Å²) < 4.78 is 0. The number of aryl methyl sites for hydroxylation is 1. The maximum Gasteiger partial charge on any atom is 0.00927 e. The summed E-state index contributed by atoms with van der Waals surface area (Å²) in [7, 11) is 0. The van der Waals surface area contributed by atoms with E-state index in [1.54, 1.807) is 0 Å². The third-order valence-electron chi connectivity index (χ3n) is 3.52. The molecular weight excluding hydrogens is 194 g/mol. The van der Waals surface area contributed by atoms with Crippen LogP contribution < -0.4 is 5.32 Å². The summed E-state index contributed by atoms with van der Waals surface area (Å²) in [6.45, 7) is 3.47. The van der Waals surface area contributed by atoms with Crippen LogP contribution in [0.3, 0.4) is 0 Å². The van der Waals surface area contributed by atoms with Gasteiger partial charge in [0.2, 0.25) is 0 Å². The summed E-state index contributed by atoms with van der Waals surface area (Å²) in [5.41, 5.74) is 1.46. The molecule has 0 aliphatic heterocycles. The number of hydrogen-bond acceptors (Lipinski definition) is 1. The first-order valence-electron chi connectivity index (χ1n) is 6.67. The van der Waals surface area contributed by atoms with Crippen molar-refractivity contribution in [1.29, 1.82) is 0 Å². The van der Waals surface area contributed by atoms with Gasteiger partial charge >= 0.3 is 0 Å². The first-order chi connectivity index (χ1) is 7.90. The third-order valence-corrected chi connectivity index (χ3v) is 3.52. The van der Waals surface area contributed by atoms with Crippen LogP contribution in [0.25, 0.3) is 0 Å². The van der Waals surface area contributed by atoms with Gasteiger partial charge in [-0.2, -0.15) is 0 Å². The van der Waals surface area contributed by atoms with Crippen LogP contribution in [0.2, 0.25) is 0 Å². The molecule has 0 amide bonds. The van der Waals surface area contributed by atoms with Gasteiger partial charge in [-0.25, -0.2) is 0 Å². The standard InChI is InChI=1S/C15H23N/c1-2-15(14-10-11-14)16-12-6-9-13-7-4-3-5-8-13/h3-5,7-8,14-16H,2,6,9-12H2,1H3. The zero-order valence-electron chi connectivity index (χ0n) is 10.3. The van der Waals surface area contributed by atoms with Crippen LogP contribution in [0.1, 0.15) is 38.2 Å². The molecule has 0 aromatic heterocycles. The van der Waals surface area contributed by atoms with Gasteiger partial charge in [-0.3, -0.25) is 0 Å². The lowest BCUT2D eigenvalue weighted by atomic mass is 10.1. The molecule has 1 aromatic carbocycles. The Bertz CT molecular complexity index is 290. The Labute approximate surface area is 99.3 Å². The minimum Gasteiger partial charge on any atom is -0.314 e. The quantitative estimate of drug-likeness (QED) is 0.690. The molecule has 0 saturated heterocycles. The van der Waals surface area contributed by atoms with Gasteiger partial charge in [-0.15, -0.1) is 0 Å². The van der Waals surface area contributed by atoms with Crippen molar-refractivity contribution in [3.8, 4) is 0 Å². The first kappa shape index (κ1) is 11.7. The zero-order valence-corrected chi connectivity index (χ0v) is 10.3. The van der Waals surface area contributed by atoms with Crippen LogP contribution in [0.5, 0.6) is 0 Å². The number of nitrogens with one attached hydrogen (secondary N) is 1. The average Bonchev–Trinajstić information content (AvgIpc) is 3.15. The zero-order chi connectivity index (χ0) is 11.2. The van der Waals surface area contributed by atoms with E-state index in [0.29, 0.717) is 0 Å². The average molecular weight is 217 g/mol. The Hall–Kier alpha value is -0.820. The SMILES string of the molecule is CCC(NCCCc1ccccc1)C1CC1. The smallest absolute Gasteiger partial charge is 0.00927 e. The molecule has 2 rings (SSSR count). The molecule has 16 heavy (non-hydrogen) atoms. The topological polar surface area (TPSA) is 12.0 Å². The summed E-state index contributed by atoms with van der Waals surface area (Å²) in [6, 6.07) is 11.6. The van der Waals surface area contributed by atoms with Crippen LogP contribution >= 0.6 is 0 Å². The molecule has 0 spiro atoms. The minimum absolute atomic E-state index is 0.788. The number of hydrogen-bond donors (Lipinski definition) is 1. The van der Waals surface area contributed by atoms with E-state index in [1.165, 1.54) is 44.2 Å². The van der Waals surface area contributed by atoms with Crippen LogP contribution in [0, 0.1) is 5.92 Å². The molecule has 1 aliphatic rings. The second-order valence-electron chi connectivity index (χ2n) is 4.90. The van der Waals surface area contributed by atoms with Gasteiger partial charge in [-0.1, -0.05) is 37.3 Å². The predicted octanol–water partition coefficient (Wildman–Crippen LogP) is 3.40. The molecule has 1 N–H and O–H groups in total. The molecule has 1 saturated carbocycles. The lowest BCUT2D eigenvalue weighted by molar-refractivity contribution is 0.446. The Morgan fingerprint density at radius 2 is 2.00 bits per heavy atom. The molecule has 1 aliphatic carbocycles. The van der Waals surface area contributed by atoms with Gasteiger partial charge < -0.3 is 5.32 Å². The summed E-state index contributed by atoms with van der Waals surface area (Å²) in [6.07, 6.45) is 6.65. The van der Waals surface area contributed by atoms with E-state index in [1.807, 2.05) is 0 Å². The Morgan fingerprint density at radius 3 is 2.62 bits per heavy atom. The minimum atomic E-state index is 0.788. The third kappa shape index (κ3) is 3.64. The highest BCUT2D eigenvalue weighted by molar-refractivity contribution is 5.14. The van der Waals surface area contributed by atoms with Crippen molar-refractivity contribution in [2.45, 2.75) is 45.1 Å². The van der Waals surface area contributed by atoms with E-state index in [2.05, 4.69) is 42.6 Å². The van der Waals surface area contributed by atoms with E-state index < -0.39 is 0 Å². The fourth-order valence-electron chi connectivity index (χ4n) is 2.37. The maximum atomic E-state index is 3.70. The first-order valence-corrected chi connectivity index (χ1v) is 6.67. The van der Waals surface area contributed by atoms with Crippen LogP contribution in [-0.4, -0.2) is 12.6 Å². The lowest BCUT2D eigenvalue weighted by Gasteiger charge is -2.15. The second-order valence-corrected chi connectivity index (χ2v) is 4.90. The van der Waals surface area contributed by atoms with Crippen molar-refractivity contribution >= 4 is 0 Å². The van der Waals surface area contributed by atoms with Crippen molar-refractivity contribution in [2.75, 3.05) is 6.54 Å². The maximum absolute atomic E-state index is 3.70. The van der Waals surface area contributed by atoms with Gasteiger partial charge in [0.25, 0.3) is 0 Å². The summed E-state index contributed by atoms with van der Waals surface area (Å²) >= 11 is 0. The molecule has 1 aromatic rings. The van der Waals surface area contributed by atoms with E-state index in [-0.39, 0.29) is 0 Å². The normalized spacial score (nSPS) is 17.3. The molecular formula is C15H23N. The van der Waals surface area contributed by atoms with Gasteiger partial charge in [0.15, 0.2) is 0 Å². The summed E-state index contributed by atoms with van der Waals surface area (Å²) in [5, 5.41) is 3.70. The highest BCUT2D eigenvalue weighted by atomic mass is 14.9. The molecule has 0 heterocycles. The van der Waals surface area contributed by atoms with E-state index in [4.69, 9.17) is 0 Å². The fraction of sp³-hybridized carbons (Fsp3) is 0.600. The molecule has 0 radical (unpaired) electrons. The predicted molar refractivity (Wildman–Crippen MR) is 69.6 cm³/mol. The van der Waals surface area contributed by atoms with E-state index in [9.17, 15) is 0 Å². The van der Waals surface area contributed by atoms with Crippen molar-refractivity contribution in [1.82, 2.24) is 5.32 Å². The van der Waals surface area contributed by atoms with Gasteiger partial charge in [-0.05, 0) is 50.1 Å². The highest BCUT2D eigenvalue weighted by Crippen LogP contribution is 2.33. The Kier molecular flexibility index (Phi) is 4.41. The van der Waals surface area contributed by atoms with Crippen molar-refractivity contribution in [2.24, 2.45) is 5.92 Å². The van der Waals surface area contributed by atoms with Crippen LogP contribution in [0.4, 0.5) is 0 Å². The molecule has 1 unspecified atom stereocenters. The van der Waals surface area contributed by atoms with Gasteiger partial charge in [0.05, 0.1) is 0 Å². The van der Waals surface area contributed by atoms with E-state index in [0.717, 1.165) is 12.0 Å². The monoisotopic (exact) mass is 217 g/mol. The molecule has 88 valence electrons.